The number of carbonyl (C=O) groups is 1. The molecule has 11 unspecified atom stereocenters. The molecule has 2 heterocycles. The largest absolute Gasteiger partial charge is 0.457 e. The van der Waals surface area contributed by atoms with Crippen molar-refractivity contribution in [1.29, 1.82) is 0 Å². The van der Waals surface area contributed by atoms with Crippen LogP contribution in [0.3, 0.4) is 0 Å². The zero-order valence-electron chi connectivity index (χ0n) is 52.4. The van der Waals surface area contributed by atoms with Crippen LogP contribution in [-0.2, 0) is 33.2 Å². The number of esters is 1. The number of hydrogen-bond donors (Lipinski definition) is 7. The van der Waals surface area contributed by atoms with Gasteiger partial charge in [0.2, 0.25) is 0 Å². The molecule has 11 atom stereocenters. The van der Waals surface area contributed by atoms with Gasteiger partial charge < -0.3 is 64.2 Å². The molecular weight excluding hydrogens is 1050 g/mol. The molecule has 0 aliphatic carbocycles. The van der Waals surface area contributed by atoms with E-state index in [0.29, 0.717) is 13.0 Å². The van der Waals surface area contributed by atoms with E-state index in [1.54, 1.807) is 0 Å². The second-order valence-electron chi connectivity index (χ2n) is 23.6. The highest BCUT2D eigenvalue weighted by molar-refractivity contribution is 5.69. The summed E-state index contributed by atoms with van der Waals surface area (Å²) in [7, 11) is 0. The molecule has 83 heavy (non-hydrogen) atoms. The van der Waals surface area contributed by atoms with Gasteiger partial charge in [0.1, 0.15) is 54.9 Å². The van der Waals surface area contributed by atoms with E-state index < -0.39 is 80.7 Å². The fourth-order valence-corrected chi connectivity index (χ4v) is 10.6. The van der Waals surface area contributed by atoms with Crippen LogP contribution in [0.1, 0.15) is 271 Å². The second kappa shape index (κ2) is 55.0. The summed E-state index contributed by atoms with van der Waals surface area (Å²) in [6, 6.07) is 0. The van der Waals surface area contributed by atoms with Crippen molar-refractivity contribution in [2.75, 3.05) is 33.0 Å². The van der Waals surface area contributed by atoms with Crippen LogP contribution in [0.2, 0.25) is 0 Å². The summed E-state index contributed by atoms with van der Waals surface area (Å²) in [5.74, 6) is -0.381. The van der Waals surface area contributed by atoms with E-state index in [0.717, 1.165) is 64.2 Å². The lowest BCUT2D eigenvalue weighted by atomic mass is 9.98. The number of ether oxygens (including phenoxy) is 6. The minimum atomic E-state index is -1.71. The van der Waals surface area contributed by atoms with Crippen LogP contribution < -0.4 is 0 Å². The van der Waals surface area contributed by atoms with Gasteiger partial charge in [0, 0.05) is 13.0 Å². The SMILES string of the molecule is CCCCCCC/C=C\C/C=C\C/C=C\CCCCCCCCCCC(=O)OC(COCCCCCCCCCCCCCCCC/C=C\C/C=C\CCCCCCC)COC1OC(COC2OC(CO)C(O)C(O)C2O)C(O)C(O)C1O. The number of hydrogen-bond acceptors (Lipinski definition) is 14. The van der Waals surface area contributed by atoms with Gasteiger partial charge in [-0.1, -0.05) is 242 Å². The predicted molar refractivity (Wildman–Crippen MR) is 335 cm³/mol. The quantitative estimate of drug-likeness (QED) is 0.0171. The Morgan fingerprint density at radius 2 is 0.747 bits per heavy atom. The first-order valence-corrected chi connectivity index (χ1v) is 33.9. The van der Waals surface area contributed by atoms with Gasteiger partial charge in [0.25, 0.3) is 0 Å². The lowest BCUT2D eigenvalue weighted by molar-refractivity contribution is -0.332. The first-order chi connectivity index (χ1) is 40.6. The Labute approximate surface area is 504 Å². The second-order valence-corrected chi connectivity index (χ2v) is 23.6. The number of unbranched alkanes of at least 4 members (excludes halogenated alkanes) is 32. The Kier molecular flexibility index (Phi) is 50.9. The summed E-state index contributed by atoms with van der Waals surface area (Å²) in [6.07, 6.45) is 54.3. The molecule has 2 aliphatic heterocycles. The van der Waals surface area contributed by atoms with Crippen LogP contribution in [-0.4, -0.2) is 142 Å². The summed E-state index contributed by atoms with van der Waals surface area (Å²) in [5.41, 5.74) is 0. The van der Waals surface area contributed by atoms with E-state index in [1.807, 2.05) is 0 Å². The summed E-state index contributed by atoms with van der Waals surface area (Å²) >= 11 is 0. The Hall–Kier alpha value is -2.31. The molecular formula is C69H124O14. The van der Waals surface area contributed by atoms with Crippen molar-refractivity contribution < 1.29 is 69.0 Å². The van der Waals surface area contributed by atoms with Gasteiger partial charge in [-0.15, -0.1) is 0 Å². The molecule has 2 fully saturated rings. The minimum Gasteiger partial charge on any atom is -0.457 e. The third kappa shape index (κ3) is 40.7. The van der Waals surface area contributed by atoms with E-state index in [-0.39, 0.29) is 25.6 Å². The number of aliphatic hydroxyl groups excluding tert-OH is 7. The maximum absolute atomic E-state index is 13.1. The van der Waals surface area contributed by atoms with Crippen LogP contribution in [0, 0.1) is 0 Å². The number of aliphatic hydroxyl groups is 7. The van der Waals surface area contributed by atoms with Crippen LogP contribution in [0.25, 0.3) is 0 Å². The predicted octanol–water partition coefficient (Wildman–Crippen LogP) is 14.0. The molecule has 0 saturated carbocycles. The zero-order valence-corrected chi connectivity index (χ0v) is 52.4. The van der Waals surface area contributed by atoms with Gasteiger partial charge in [-0.3, -0.25) is 4.79 Å². The monoisotopic (exact) mass is 1180 g/mol. The van der Waals surface area contributed by atoms with E-state index in [4.69, 9.17) is 28.4 Å². The summed E-state index contributed by atoms with van der Waals surface area (Å²) < 4.78 is 34.5. The molecule has 0 spiro atoms. The smallest absolute Gasteiger partial charge is 0.306 e. The van der Waals surface area contributed by atoms with Gasteiger partial charge >= 0.3 is 5.97 Å². The molecule has 0 aromatic carbocycles. The lowest BCUT2D eigenvalue weighted by Crippen LogP contribution is -2.61. The maximum atomic E-state index is 13.1. The normalized spacial score (nSPS) is 23.8. The summed E-state index contributed by atoms with van der Waals surface area (Å²) in [6.45, 7) is 3.70. The molecule has 0 aromatic rings. The van der Waals surface area contributed by atoms with E-state index >= 15 is 0 Å². The Morgan fingerprint density at radius 3 is 1.17 bits per heavy atom. The Balaban J connectivity index is 1.66. The molecule has 0 bridgehead atoms. The van der Waals surface area contributed by atoms with Crippen LogP contribution in [0.4, 0.5) is 0 Å². The van der Waals surface area contributed by atoms with Crippen LogP contribution >= 0.6 is 0 Å². The molecule has 2 aliphatic rings. The van der Waals surface area contributed by atoms with Crippen molar-refractivity contribution in [1.82, 2.24) is 0 Å². The van der Waals surface area contributed by atoms with Crippen molar-refractivity contribution in [2.24, 2.45) is 0 Å². The first kappa shape index (κ1) is 76.8. The fraction of sp³-hybridized carbons (Fsp3) is 0.841. The van der Waals surface area contributed by atoms with Crippen molar-refractivity contribution in [3.8, 4) is 0 Å². The van der Waals surface area contributed by atoms with Crippen molar-refractivity contribution in [3.63, 3.8) is 0 Å². The van der Waals surface area contributed by atoms with Gasteiger partial charge in [-0.25, -0.2) is 0 Å². The van der Waals surface area contributed by atoms with Gasteiger partial charge in [-0.2, -0.15) is 0 Å². The molecule has 2 saturated heterocycles. The fourth-order valence-electron chi connectivity index (χ4n) is 10.6. The maximum Gasteiger partial charge on any atom is 0.306 e. The Bertz CT molecular complexity index is 1600. The third-order valence-electron chi connectivity index (χ3n) is 16.0. The third-order valence-corrected chi connectivity index (χ3v) is 16.0. The average molecular weight is 1180 g/mol. The highest BCUT2D eigenvalue weighted by Gasteiger charge is 2.47. The number of rotatable bonds is 56. The van der Waals surface area contributed by atoms with Crippen molar-refractivity contribution in [3.05, 3.63) is 60.8 Å². The summed E-state index contributed by atoms with van der Waals surface area (Å²) in [4.78, 5) is 13.1. The minimum absolute atomic E-state index is 0.0578. The molecule has 7 N–H and O–H groups in total. The van der Waals surface area contributed by atoms with E-state index in [9.17, 15) is 40.5 Å². The van der Waals surface area contributed by atoms with Crippen molar-refractivity contribution >= 4 is 5.97 Å². The molecule has 0 aromatic heterocycles. The van der Waals surface area contributed by atoms with E-state index in [1.165, 1.54) is 180 Å². The average Bonchev–Trinajstić information content (AvgIpc) is 3.49. The van der Waals surface area contributed by atoms with Gasteiger partial charge in [0.05, 0.1) is 26.4 Å². The van der Waals surface area contributed by atoms with E-state index in [2.05, 4.69) is 74.6 Å². The molecule has 0 radical (unpaired) electrons. The number of carbonyl (C=O) groups excluding carboxylic acids is 1. The topological polar surface area (TPSA) is 214 Å². The molecule has 0 amide bonds. The van der Waals surface area contributed by atoms with Crippen LogP contribution in [0.15, 0.2) is 60.8 Å². The first-order valence-electron chi connectivity index (χ1n) is 33.9. The molecule has 484 valence electrons. The van der Waals surface area contributed by atoms with Gasteiger partial charge in [0.15, 0.2) is 12.6 Å². The van der Waals surface area contributed by atoms with Crippen LogP contribution in [0.5, 0.6) is 0 Å². The summed E-state index contributed by atoms with van der Waals surface area (Å²) in [5, 5.41) is 72.6. The highest BCUT2D eigenvalue weighted by Crippen LogP contribution is 2.27. The molecule has 14 heteroatoms. The number of allylic oxidation sites excluding steroid dienone is 10. The standard InChI is InChI=1S/C69H124O14/c1-3-5-7-9-11-13-15-17-19-21-23-25-27-28-29-31-33-35-37-39-41-43-45-47-49-51-53-78-55-58(56-79-68-67(77)65(75)63(73)60(83-68)57-80-69-66(76)64(74)62(72)59(54-70)82-69)81-61(71)52-50-48-46-44-42-40-38-36-34-32-30-26-24-22-20-18-16-14-12-10-8-6-4-2/h15-18,21-24,30,32,58-60,62-70,72-77H,3-14,19-20,25-29,31,33-57H2,1-2H3/b17-15-,18-16-,23-21-,24-22-,32-30-. The lowest BCUT2D eigenvalue weighted by Gasteiger charge is -2.42. The van der Waals surface area contributed by atoms with Crippen molar-refractivity contribution in [2.45, 2.75) is 338 Å². The molecule has 14 nitrogen and oxygen atoms in total. The highest BCUT2D eigenvalue weighted by atomic mass is 16.7. The zero-order chi connectivity index (χ0) is 60.1. The van der Waals surface area contributed by atoms with Gasteiger partial charge in [-0.05, 0) is 83.5 Å². The Morgan fingerprint density at radius 1 is 0.398 bits per heavy atom. The molecule has 2 rings (SSSR count).